The molecule has 2 bridgehead atoms. The van der Waals surface area contributed by atoms with Crippen molar-refractivity contribution in [3.63, 3.8) is 0 Å². The lowest BCUT2D eigenvalue weighted by Gasteiger charge is -2.38. The van der Waals surface area contributed by atoms with E-state index in [2.05, 4.69) is 29.4 Å². The smallest absolute Gasteiger partial charge is 0.410 e. The van der Waals surface area contributed by atoms with E-state index >= 15 is 0 Å². The van der Waals surface area contributed by atoms with Crippen molar-refractivity contribution in [1.82, 2.24) is 14.9 Å². The number of halogens is 1. The maximum atomic E-state index is 13.6. The second-order valence-electron chi connectivity index (χ2n) is 11.9. The lowest BCUT2D eigenvalue weighted by Crippen LogP contribution is -2.51. The summed E-state index contributed by atoms with van der Waals surface area (Å²) in [5, 5.41) is 6.91. The molecule has 2 fully saturated rings. The fourth-order valence-electron chi connectivity index (χ4n) is 5.98. The quantitative estimate of drug-likeness (QED) is 0.606. The van der Waals surface area contributed by atoms with Gasteiger partial charge in [-0.1, -0.05) is 13.8 Å². The molecule has 2 N–H and O–H groups in total. The van der Waals surface area contributed by atoms with Crippen LogP contribution in [0.1, 0.15) is 53.0 Å². The molecule has 1 amide bonds. The fourth-order valence-corrected chi connectivity index (χ4v) is 5.98. The molecule has 2 aliphatic heterocycles. The molecule has 2 unspecified atom stereocenters. The van der Waals surface area contributed by atoms with E-state index in [1.165, 1.54) is 12.1 Å². The average molecular weight is 497 g/mol. The van der Waals surface area contributed by atoms with Gasteiger partial charge in [0.1, 0.15) is 23.1 Å². The summed E-state index contributed by atoms with van der Waals surface area (Å²) in [6.07, 6.45) is 1.88. The number of rotatable bonds is 4. The summed E-state index contributed by atoms with van der Waals surface area (Å²) in [5.74, 6) is 2.59. The molecular formula is C27H37FN6O2. The Balaban J connectivity index is 1.41. The van der Waals surface area contributed by atoms with Crippen LogP contribution in [-0.4, -0.2) is 59.3 Å². The van der Waals surface area contributed by atoms with Gasteiger partial charge >= 0.3 is 6.09 Å². The fraction of sp³-hybridized carbons (Fsp3) is 0.593. The first-order valence-corrected chi connectivity index (χ1v) is 12.8. The molecular weight excluding hydrogens is 459 g/mol. The van der Waals surface area contributed by atoms with Gasteiger partial charge in [-0.2, -0.15) is 9.97 Å². The first-order valence-electron chi connectivity index (χ1n) is 12.8. The molecule has 1 saturated carbocycles. The van der Waals surface area contributed by atoms with Crippen LogP contribution in [0, 0.1) is 17.7 Å². The van der Waals surface area contributed by atoms with Crippen LogP contribution in [0.5, 0.6) is 0 Å². The highest BCUT2D eigenvalue weighted by atomic mass is 19.1. The van der Waals surface area contributed by atoms with Crippen LogP contribution in [0.25, 0.3) is 0 Å². The number of hydrogen-bond donors (Lipinski definition) is 2. The molecule has 36 heavy (non-hydrogen) atoms. The van der Waals surface area contributed by atoms with Crippen molar-refractivity contribution in [3.05, 3.63) is 35.6 Å². The van der Waals surface area contributed by atoms with E-state index in [1.54, 1.807) is 12.1 Å². The number of nitrogens with one attached hydrogen (secondary N) is 2. The third-order valence-electron chi connectivity index (χ3n) is 7.53. The maximum Gasteiger partial charge on any atom is 0.410 e. The number of amides is 1. The first-order chi connectivity index (χ1) is 16.9. The molecule has 3 heterocycles. The monoisotopic (exact) mass is 496 g/mol. The number of nitrogens with zero attached hydrogens (tertiary/aromatic N) is 4. The van der Waals surface area contributed by atoms with Crippen molar-refractivity contribution in [2.45, 2.75) is 64.5 Å². The Morgan fingerprint density at radius 3 is 2.33 bits per heavy atom. The van der Waals surface area contributed by atoms with Crippen molar-refractivity contribution in [2.24, 2.45) is 11.8 Å². The topological polar surface area (TPSA) is 82.6 Å². The lowest BCUT2D eigenvalue weighted by molar-refractivity contribution is 0.0141. The number of fused-ring (bicyclic) bond motifs is 3. The number of ether oxygens (including phenoxy) is 1. The van der Waals surface area contributed by atoms with Crippen LogP contribution in [0.2, 0.25) is 0 Å². The van der Waals surface area contributed by atoms with Crippen LogP contribution in [0.15, 0.2) is 24.3 Å². The van der Waals surface area contributed by atoms with E-state index in [0.29, 0.717) is 30.9 Å². The molecule has 1 aromatic carbocycles. The second-order valence-corrected chi connectivity index (χ2v) is 11.9. The van der Waals surface area contributed by atoms with Gasteiger partial charge < -0.3 is 25.2 Å². The van der Waals surface area contributed by atoms with Gasteiger partial charge in [-0.3, -0.25) is 0 Å². The molecule has 8 nitrogen and oxygen atoms in total. The van der Waals surface area contributed by atoms with Gasteiger partial charge in [-0.15, -0.1) is 0 Å². The van der Waals surface area contributed by atoms with Gasteiger partial charge in [0.05, 0.1) is 0 Å². The third-order valence-corrected chi connectivity index (χ3v) is 7.53. The van der Waals surface area contributed by atoms with E-state index in [0.717, 1.165) is 42.3 Å². The zero-order valence-corrected chi connectivity index (χ0v) is 22.1. The molecule has 1 aromatic heterocycles. The molecule has 9 heteroatoms. The second kappa shape index (κ2) is 8.78. The molecule has 194 valence electrons. The SMILES string of the molecule is CNc1nc(NC2C3CCC2CN(C(=O)OC(C)(C)C)C3)nc2c1C(C)(C)CN2c1ccc(F)cc1. The average Bonchev–Trinajstić information content (AvgIpc) is 3.19. The Hall–Kier alpha value is -3.10. The van der Waals surface area contributed by atoms with Crippen molar-refractivity contribution in [3.8, 4) is 0 Å². The van der Waals surface area contributed by atoms with Gasteiger partial charge in [0, 0.05) is 49.4 Å². The van der Waals surface area contributed by atoms with Gasteiger partial charge in [0.25, 0.3) is 0 Å². The summed E-state index contributed by atoms with van der Waals surface area (Å²) in [6.45, 7) is 12.1. The van der Waals surface area contributed by atoms with Gasteiger partial charge in [-0.25, -0.2) is 9.18 Å². The van der Waals surface area contributed by atoms with Gasteiger partial charge in [-0.05, 0) is 69.7 Å². The molecule has 1 aliphatic carbocycles. The minimum atomic E-state index is -0.503. The highest BCUT2D eigenvalue weighted by Crippen LogP contribution is 2.47. The van der Waals surface area contributed by atoms with Gasteiger partial charge in [0.2, 0.25) is 5.95 Å². The van der Waals surface area contributed by atoms with Crippen LogP contribution < -0.4 is 15.5 Å². The summed E-state index contributed by atoms with van der Waals surface area (Å²) in [7, 11) is 1.88. The number of anilines is 4. The predicted molar refractivity (Wildman–Crippen MR) is 139 cm³/mol. The van der Waals surface area contributed by atoms with Crippen molar-refractivity contribution < 1.29 is 13.9 Å². The standard InChI is InChI=1S/C27H37FN6O2/c1-26(2,3)36-25(35)33-13-16-7-8-17(14-33)21(16)30-24-31-22(29-6)20-23(32-24)34(15-27(20,4)5)19-11-9-18(28)10-12-19/h9-12,16-17,21H,7-8,13-15H2,1-6H3,(H2,29,30,31,32). The van der Waals surface area contributed by atoms with Crippen molar-refractivity contribution >= 4 is 29.4 Å². The molecule has 5 rings (SSSR count). The largest absolute Gasteiger partial charge is 0.444 e. The number of aromatic nitrogens is 2. The Morgan fingerprint density at radius 1 is 1.11 bits per heavy atom. The normalized spacial score (nSPS) is 24.5. The Labute approximate surface area is 212 Å². The highest BCUT2D eigenvalue weighted by Gasteiger charge is 2.45. The summed E-state index contributed by atoms with van der Waals surface area (Å²) in [6, 6.07) is 6.74. The summed E-state index contributed by atoms with van der Waals surface area (Å²) in [4.78, 5) is 26.5. The third kappa shape index (κ3) is 4.55. The molecule has 0 spiro atoms. The molecule has 1 saturated heterocycles. The van der Waals surface area contributed by atoms with E-state index in [9.17, 15) is 9.18 Å². The Morgan fingerprint density at radius 2 is 1.75 bits per heavy atom. The first kappa shape index (κ1) is 24.6. The molecule has 0 radical (unpaired) electrons. The van der Waals surface area contributed by atoms with Crippen LogP contribution >= 0.6 is 0 Å². The molecule has 2 aromatic rings. The predicted octanol–water partition coefficient (Wildman–Crippen LogP) is 5.14. The number of likely N-dealkylation sites (tertiary alicyclic amines) is 1. The van der Waals surface area contributed by atoms with Crippen molar-refractivity contribution in [1.29, 1.82) is 0 Å². The van der Waals surface area contributed by atoms with Crippen LogP contribution in [0.3, 0.4) is 0 Å². The number of piperidine rings is 1. The molecule has 2 atom stereocenters. The van der Waals surface area contributed by atoms with E-state index < -0.39 is 5.60 Å². The van der Waals surface area contributed by atoms with Crippen LogP contribution in [-0.2, 0) is 10.2 Å². The van der Waals surface area contributed by atoms with E-state index in [4.69, 9.17) is 14.7 Å². The Kier molecular flexibility index (Phi) is 6.00. The summed E-state index contributed by atoms with van der Waals surface area (Å²) < 4.78 is 19.2. The zero-order valence-electron chi connectivity index (χ0n) is 22.1. The van der Waals surface area contributed by atoms with E-state index in [-0.39, 0.29) is 23.4 Å². The zero-order chi connectivity index (χ0) is 25.8. The number of carbonyl (C=O) groups is 1. The van der Waals surface area contributed by atoms with Crippen LogP contribution in [0.4, 0.5) is 32.5 Å². The van der Waals surface area contributed by atoms with E-state index in [1.807, 2.05) is 32.7 Å². The van der Waals surface area contributed by atoms with Crippen molar-refractivity contribution in [2.75, 3.05) is 42.2 Å². The summed E-state index contributed by atoms with van der Waals surface area (Å²) >= 11 is 0. The minimum absolute atomic E-state index is 0.182. The number of benzene rings is 1. The lowest BCUT2D eigenvalue weighted by atomic mass is 9.88. The minimum Gasteiger partial charge on any atom is -0.444 e. The van der Waals surface area contributed by atoms with Gasteiger partial charge in [0.15, 0.2) is 0 Å². The number of carbonyl (C=O) groups excluding carboxylic acids is 1. The Bertz CT molecular complexity index is 1130. The summed E-state index contributed by atoms with van der Waals surface area (Å²) in [5.41, 5.74) is 1.28. The maximum absolute atomic E-state index is 13.6. The molecule has 3 aliphatic rings. The number of hydrogen-bond acceptors (Lipinski definition) is 7. The highest BCUT2D eigenvalue weighted by molar-refractivity contribution is 5.75.